The molecule has 0 spiro atoms. The standard InChI is InChI=1S/C11H15N3O3/c1-8(10-3-2-6-17-10)13-11-5-4-9(7-12-11)14(15)16/h4-5,7-8,10H,2-3,6H2,1H3,(H,12,13)/t8-,10-/m1/s1. The van der Waals surface area contributed by atoms with Gasteiger partial charge in [0, 0.05) is 12.7 Å². The maximum atomic E-state index is 10.5. The molecule has 0 aliphatic carbocycles. The Bertz CT molecular complexity index is 387. The third-order valence-electron chi connectivity index (χ3n) is 2.86. The van der Waals surface area contributed by atoms with E-state index in [9.17, 15) is 10.1 Å². The topological polar surface area (TPSA) is 77.3 Å². The Balaban J connectivity index is 1.96. The van der Waals surface area contributed by atoms with Gasteiger partial charge >= 0.3 is 0 Å². The number of pyridine rings is 1. The normalized spacial score (nSPS) is 21.1. The zero-order valence-electron chi connectivity index (χ0n) is 9.63. The first-order valence-electron chi connectivity index (χ1n) is 5.65. The third kappa shape index (κ3) is 2.91. The predicted octanol–water partition coefficient (Wildman–Crippen LogP) is 1.97. The highest BCUT2D eigenvalue weighted by molar-refractivity contribution is 5.40. The lowest BCUT2D eigenvalue weighted by Crippen LogP contribution is -2.30. The number of hydrogen-bond acceptors (Lipinski definition) is 5. The van der Waals surface area contributed by atoms with Crippen molar-refractivity contribution in [2.75, 3.05) is 11.9 Å². The first kappa shape index (κ1) is 11.8. The monoisotopic (exact) mass is 237 g/mol. The van der Waals surface area contributed by atoms with Gasteiger partial charge in [0.25, 0.3) is 5.69 Å². The maximum Gasteiger partial charge on any atom is 0.287 e. The second-order valence-electron chi connectivity index (χ2n) is 4.14. The summed E-state index contributed by atoms with van der Waals surface area (Å²) in [6.45, 7) is 2.84. The summed E-state index contributed by atoms with van der Waals surface area (Å²) in [5.41, 5.74) is 0.000296. The van der Waals surface area contributed by atoms with Gasteiger partial charge in [-0.15, -0.1) is 0 Å². The molecule has 2 rings (SSSR count). The Morgan fingerprint density at radius 2 is 2.47 bits per heavy atom. The molecule has 1 aromatic rings. The van der Waals surface area contributed by atoms with Crippen molar-refractivity contribution in [3.8, 4) is 0 Å². The second-order valence-corrected chi connectivity index (χ2v) is 4.14. The molecule has 1 fully saturated rings. The summed E-state index contributed by atoms with van der Waals surface area (Å²) >= 11 is 0. The van der Waals surface area contributed by atoms with E-state index in [2.05, 4.69) is 10.3 Å². The van der Waals surface area contributed by atoms with Crippen molar-refractivity contribution in [3.05, 3.63) is 28.4 Å². The van der Waals surface area contributed by atoms with E-state index in [-0.39, 0.29) is 17.8 Å². The van der Waals surface area contributed by atoms with Crippen LogP contribution in [-0.4, -0.2) is 28.7 Å². The Morgan fingerprint density at radius 3 is 3.00 bits per heavy atom. The van der Waals surface area contributed by atoms with E-state index in [1.807, 2.05) is 6.92 Å². The van der Waals surface area contributed by atoms with Gasteiger partial charge in [-0.2, -0.15) is 0 Å². The molecule has 1 saturated heterocycles. The molecule has 17 heavy (non-hydrogen) atoms. The van der Waals surface area contributed by atoms with Gasteiger partial charge in [-0.1, -0.05) is 0 Å². The van der Waals surface area contributed by atoms with Crippen molar-refractivity contribution in [3.63, 3.8) is 0 Å². The number of nitrogens with zero attached hydrogens (tertiary/aromatic N) is 2. The van der Waals surface area contributed by atoms with Crippen LogP contribution in [0.5, 0.6) is 0 Å². The molecule has 0 saturated carbocycles. The van der Waals surface area contributed by atoms with Crippen LogP contribution in [0.1, 0.15) is 19.8 Å². The number of nitro groups is 1. The Hall–Kier alpha value is -1.69. The van der Waals surface area contributed by atoms with Crippen molar-refractivity contribution in [1.82, 2.24) is 4.98 Å². The molecule has 2 atom stereocenters. The van der Waals surface area contributed by atoms with Crippen LogP contribution in [0.25, 0.3) is 0 Å². The van der Waals surface area contributed by atoms with E-state index in [1.54, 1.807) is 6.07 Å². The van der Waals surface area contributed by atoms with Crippen LogP contribution in [-0.2, 0) is 4.74 Å². The average Bonchev–Trinajstić information content (AvgIpc) is 2.83. The zero-order chi connectivity index (χ0) is 12.3. The molecule has 0 amide bonds. The SMILES string of the molecule is C[C@@H](Nc1ccc([N+](=O)[O-])cn1)[C@H]1CCCO1. The Labute approximate surface area is 99.2 Å². The van der Waals surface area contributed by atoms with Gasteiger partial charge in [0.05, 0.1) is 17.1 Å². The highest BCUT2D eigenvalue weighted by atomic mass is 16.6. The summed E-state index contributed by atoms with van der Waals surface area (Å²) in [4.78, 5) is 14.0. The average molecular weight is 237 g/mol. The van der Waals surface area contributed by atoms with E-state index in [0.29, 0.717) is 5.82 Å². The molecule has 1 aliphatic rings. The Kier molecular flexibility index (Phi) is 3.53. The first-order chi connectivity index (χ1) is 8.16. The van der Waals surface area contributed by atoms with Gasteiger partial charge < -0.3 is 10.1 Å². The lowest BCUT2D eigenvalue weighted by atomic mass is 10.1. The van der Waals surface area contributed by atoms with Crippen molar-refractivity contribution in [2.24, 2.45) is 0 Å². The molecular weight excluding hydrogens is 222 g/mol. The molecule has 2 heterocycles. The molecule has 1 aromatic heterocycles. The van der Waals surface area contributed by atoms with Crippen LogP contribution in [0, 0.1) is 10.1 Å². The summed E-state index contributed by atoms with van der Waals surface area (Å²) in [7, 11) is 0. The minimum Gasteiger partial charge on any atom is -0.376 e. The number of anilines is 1. The number of rotatable bonds is 4. The van der Waals surface area contributed by atoms with Gasteiger partial charge in [-0.25, -0.2) is 4.98 Å². The Morgan fingerprint density at radius 1 is 1.65 bits per heavy atom. The van der Waals surface area contributed by atoms with Gasteiger partial charge in [-0.05, 0) is 25.8 Å². The zero-order valence-corrected chi connectivity index (χ0v) is 9.63. The third-order valence-corrected chi connectivity index (χ3v) is 2.86. The fourth-order valence-corrected chi connectivity index (χ4v) is 1.90. The van der Waals surface area contributed by atoms with E-state index in [0.717, 1.165) is 19.4 Å². The highest BCUT2D eigenvalue weighted by Gasteiger charge is 2.22. The van der Waals surface area contributed by atoms with Gasteiger partial charge in [0.15, 0.2) is 0 Å². The molecule has 1 aliphatic heterocycles. The van der Waals surface area contributed by atoms with Crippen LogP contribution in [0.15, 0.2) is 18.3 Å². The lowest BCUT2D eigenvalue weighted by Gasteiger charge is -2.20. The highest BCUT2D eigenvalue weighted by Crippen LogP contribution is 2.19. The van der Waals surface area contributed by atoms with Crippen LogP contribution in [0.3, 0.4) is 0 Å². The fourth-order valence-electron chi connectivity index (χ4n) is 1.90. The summed E-state index contributed by atoms with van der Waals surface area (Å²) in [5.74, 6) is 0.638. The number of nitrogens with one attached hydrogen (secondary N) is 1. The van der Waals surface area contributed by atoms with Crippen molar-refractivity contribution in [2.45, 2.75) is 31.9 Å². The predicted molar refractivity (Wildman–Crippen MR) is 63.0 cm³/mol. The molecule has 6 nitrogen and oxygen atoms in total. The molecule has 92 valence electrons. The molecule has 0 aromatic carbocycles. The number of hydrogen-bond donors (Lipinski definition) is 1. The number of ether oxygens (including phenoxy) is 1. The molecular formula is C11H15N3O3. The van der Waals surface area contributed by atoms with Crippen LogP contribution in [0.4, 0.5) is 11.5 Å². The molecule has 0 radical (unpaired) electrons. The van der Waals surface area contributed by atoms with E-state index in [4.69, 9.17) is 4.74 Å². The molecule has 6 heteroatoms. The largest absolute Gasteiger partial charge is 0.376 e. The lowest BCUT2D eigenvalue weighted by molar-refractivity contribution is -0.385. The first-order valence-corrected chi connectivity index (χ1v) is 5.65. The summed E-state index contributed by atoms with van der Waals surface area (Å²) in [6.07, 6.45) is 3.59. The van der Waals surface area contributed by atoms with Crippen LogP contribution < -0.4 is 5.32 Å². The van der Waals surface area contributed by atoms with E-state index >= 15 is 0 Å². The minimum atomic E-state index is -0.458. The minimum absolute atomic E-state index is 0.000296. The maximum absolute atomic E-state index is 10.5. The van der Waals surface area contributed by atoms with E-state index in [1.165, 1.54) is 12.3 Å². The van der Waals surface area contributed by atoms with Crippen molar-refractivity contribution in [1.29, 1.82) is 0 Å². The van der Waals surface area contributed by atoms with Crippen LogP contribution >= 0.6 is 0 Å². The summed E-state index contributed by atoms with van der Waals surface area (Å²) < 4.78 is 5.55. The van der Waals surface area contributed by atoms with E-state index < -0.39 is 4.92 Å². The van der Waals surface area contributed by atoms with Crippen molar-refractivity contribution >= 4 is 11.5 Å². The van der Waals surface area contributed by atoms with Crippen molar-refractivity contribution < 1.29 is 9.66 Å². The van der Waals surface area contributed by atoms with Gasteiger partial charge in [0.1, 0.15) is 12.0 Å². The van der Waals surface area contributed by atoms with Gasteiger partial charge in [0.2, 0.25) is 0 Å². The van der Waals surface area contributed by atoms with Gasteiger partial charge in [-0.3, -0.25) is 10.1 Å². The summed E-state index contributed by atoms with van der Waals surface area (Å²) in [6, 6.07) is 3.22. The summed E-state index contributed by atoms with van der Waals surface area (Å²) in [5, 5.41) is 13.7. The fraction of sp³-hybridized carbons (Fsp3) is 0.545. The quantitative estimate of drug-likeness (QED) is 0.639. The number of aromatic nitrogens is 1. The molecule has 1 N–H and O–H groups in total. The molecule has 0 unspecified atom stereocenters. The molecule has 0 bridgehead atoms. The second kappa shape index (κ2) is 5.09. The van der Waals surface area contributed by atoms with Crippen LogP contribution in [0.2, 0.25) is 0 Å². The smallest absolute Gasteiger partial charge is 0.287 e.